The predicted octanol–water partition coefficient (Wildman–Crippen LogP) is 7.79. The summed E-state index contributed by atoms with van der Waals surface area (Å²) in [5, 5.41) is 0.752. The van der Waals surface area contributed by atoms with Gasteiger partial charge in [-0.2, -0.15) is 0 Å². The van der Waals surface area contributed by atoms with Gasteiger partial charge in [0.25, 0.3) is 0 Å². The number of pyridine rings is 1. The SMILES string of the molecule is CCCCCCCCCCCCc1ccc(Cc2ncccc2Cl)cc1. The highest BCUT2D eigenvalue weighted by Gasteiger charge is 2.03. The van der Waals surface area contributed by atoms with Crippen molar-refractivity contribution in [2.24, 2.45) is 0 Å². The molecule has 2 aromatic rings. The standard InChI is InChI=1S/C24H34ClN/c1-2-3-4-5-6-7-8-9-10-11-13-21-15-17-22(18-16-21)20-24-23(25)14-12-19-26-24/h12,14-19H,2-11,13,20H2,1H3. The summed E-state index contributed by atoms with van der Waals surface area (Å²) in [5.74, 6) is 0. The second-order valence-corrected chi connectivity index (χ2v) is 7.76. The molecule has 0 spiro atoms. The fraction of sp³-hybridized carbons (Fsp3) is 0.542. The minimum absolute atomic E-state index is 0.752. The van der Waals surface area contributed by atoms with E-state index in [1.807, 2.05) is 12.1 Å². The maximum absolute atomic E-state index is 6.20. The number of benzene rings is 1. The predicted molar refractivity (Wildman–Crippen MR) is 114 cm³/mol. The molecule has 0 atom stereocenters. The van der Waals surface area contributed by atoms with Crippen LogP contribution in [-0.2, 0) is 12.8 Å². The highest BCUT2D eigenvalue weighted by molar-refractivity contribution is 6.31. The fourth-order valence-corrected chi connectivity index (χ4v) is 3.57. The molecule has 0 aliphatic carbocycles. The Balaban J connectivity index is 1.57. The molecule has 2 rings (SSSR count). The smallest absolute Gasteiger partial charge is 0.0633 e. The number of halogens is 1. The van der Waals surface area contributed by atoms with E-state index in [9.17, 15) is 0 Å². The van der Waals surface area contributed by atoms with Gasteiger partial charge in [-0.05, 0) is 36.1 Å². The molecule has 26 heavy (non-hydrogen) atoms. The van der Waals surface area contributed by atoms with Crippen LogP contribution in [0, 0.1) is 0 Å². The molecular formula is C24H34ClN. The molecule has 1 nitrogen and oxygen atoms in total. The van der Waals surface area contributed by atoms with Crippen molar-refractivity contribution in [3.8, 4) is 0 Å². The third-order valence-corrected chi connectivity index (χ3v) is 5.39. The number of aromatic nitrogens is 1. The molecule has 0 aliphatic heterocycles. The van der Waals surface area contributed by atoms with Crippen LogP contribution >= 0.6 is 11.6 Å². The van der Waals surface area contributed by atoms with Crippen LogP contribution < -0.4 is 0 Å². The Hall–Kier alpha value is -1.34. The van der Waals surface area contributed by atoms with Crippen molar-refractivity contribution in [2.45, 2.75) is 84.0 Å². The molecule has 1 heterocycles. The molecule has 0 aliphatic rings. The second-order valence-electron chi connectivity index (χ2n) is 7.36. The molecule has 0 radical (unpaired) electrons. The van der Waals surface area contributed by atoms with Crippen molar-refractivity contribution < 1.29 is 0 Å². The van der Waals surface area contributed by atoms with Gasteiger partial charge in [0.2, 0.25) is 0 Å². The van der Waals surface area contributed by atoms with Crippen molar-refractivity contribution in [2.75, 3.05) is 0 Å². The van der Waals surface area contributed by atoms with Crippen LogP contribution in [0.1, 0.15) is 88.0 Å². The molecule has 1 aromatic heterocycles. The summed E-state index contributed by atoms with van der Waals surface area (Å²) < 4.78 is 0. The largest absolute Gasteiger partial charge is 0.259 e. The summed E-state index contributed by atoms with van der Waals surface area (Å²) in [6, 6.07) is 12.7. The van der Waals surface area contributed by atoms with Crippen molar-refractivity contribution in [1.82, 2.24) is 4.98 Å². The Morgan fingerprint density at radius 2 is 1.31 bits per heavy atom. The summed E-state index contributed by atoms with van der Waals surface area (Å²) in [4.78, 5) is 4.37. The van der Waals surface area contributed by atoms with Crippen LogP contribution in [0.2, 0.25) is 5.02 Å². The van der Waals surface area contributed by atoms with Crippen LogP contribution in [-0.4, -0.2) is 4.98 Å². The molecule has 0 amide bonds. The van der Waals surface area contributed by atoms with Gasteiger partial charge < -0.3 is 0 Å². The third-order valence-electron chi connectivity index (χ3n) is 5.05. The van der Waals surface area contributed by atoms with Gasteiger partial charge >= 0.3 is 0 Å². The molecule has 0 bridgehead atoms. The highest BCUT2D eigenvalue weighted by atomic mass is 35.5. The molecular weight excluding hydrogens is 338 g/mol. The molecule has 0 N–H and O–H groups in total. The van der Waals surface area contributed by atoms with E-state index >= 15 is 0 Å². The Kier molecular flexibility index (Phi) is 10.4. The van der Waals surface area contributed by atoms with Gasteiger partial charge in [-0.25, -0.2) is 0 Å². The summed E-state index contributed by atoms with van der Waals surface area (Å²) in [6.07, 6.45) is 17.8. The van der Waals surface area contributed by atoms with Crippen LogP contribution in [0.5, 0.6) is 0 Å². The van der Waals surface area contributed by atoms with Gasteiger partial charge in [0.15, 0.2) is 0 Å². The highest BCUT2D eigenvalue weighted by Crippen LogP contribution is 2.18. The van der Waals surface area contributed by atoms with E-state index in [2.05, 4.69) is 36.2 Å². The van der Waals surface area contributed by atoms with E-state index in [-0.39, 0.29) is 0 Å². The quantitative estimate of drug-likeness (QED) is 0.327. The first kappa shape index (κ1) is 21.0. The van der Waals surface area contributed by atoms with E-state index in [0.29, 0.717) is 0 Å². The lowest BCUT2D eigenvalue weighted by Crippen LogP contribution is -1.94. The summed E-state index contributed by atoms with van der Waals surface area (Å²) in [5.41, 5.74) is 3.68. The van der Waals surface area contributed by atoms with Gasteiger partial charge in [-0.15, -0.1) is 0 Å². The van der Waals surface area contributed by atoms with Crippen molar-refractivity contribution in [3.63, 3.8) is 0 Å². The zero-order valence-corrected chi connectivity index (χ0v) is 17.1. The van der Waals surface area contributed by atoms with Crippen LogP contribution in [0.25, 0.3) is 0 Å². The Bertz CT molecular complexity index is 606. The number of aryl methyl sites for hydroxylation is 1. The van der Waals surface area contributed by atoms with Gasteiger partial charge in [0.05, 0.1) is 10.7 Å². The van der Waals surface area contributed by atoms with Crippen molar-refractivity contribution >= 4 is 11.6 Å². The van der Waals surface area contributed by atoms with Crippen LogP contribution in [0.3, 0.4) is 0 Å². The van der Waals surface area contributed by atoms with Crippen molar-refractivity contribution in [1.29, 1.82) is 0 Å². The maximum atomic E-state index is 6.20. The van der Waals surface area contributed by atoms with E-state index < -0.39 is 0 Å². The van der Waals surface area contributed by atoms with E-state index in [4.69, 9.17) is 11.6 Å². The molecule has 0 fully saturated rings. The summed E-state index contributed by atoms with van der Waals surface area (Å²) >= 11 is 6.20. The summed E-state index contributed by atoms with van der Waals surface area (Å²) in [7, 11) is 0. The zero-order chi connectivity index (χ0) is 18.5. The van der Waals surface area contributed by atoms with Crippen LogP contribution in [0.4, 0.5) is 0 Å². The molecule has 2 heteroatoms. The number of hydrogen-bond acceptors (Lipinski definition) is 1. The monoisotopic (exact) mass is 371 g/mol. The fourth-order valence-electron chi connectivity index (χ4n) is 3.38. The maximum Gasteiger partial charge on any atom is 0.0633 e. The van der Waals surface area contributed by atoms with Crippen molar-refractivity contribution in [3.05, 3.63) is 64.4 Å². The minimum Gasteiger partial charge on any atom is -0.259 e. The number of rotatable bonds is 13. The van der Waals surface area contributed by atoms with Crippen LogP contribution in [0.15, 0.2) is 42.6 Å². The van der Waals surface area contributed by atoms with E-state index in [1.54, 1.807) is 6.20 Å². The molecule has 0 unspecified atom stereocenters. The third kappa shape index (κ3) is 8.36. The van der Waals surface area contributed by atoms with E-state index in [1.165, 1.54) is 81.8 Å². The topological polar surface area (TPSA) is 12.9 Å². The Morgan fingerprint density at radius 3 is 1.92 bits per heavy atom. The summed E-state index contributed by atoms with van der Waals surface area (Å²) in [6.45, 7) is 2.28. The first-order valence-electron chi connectivity index (χ1n) is 10.5. The molecule has 0 saturated heterocycles. The first-order valence-corrected chi connectivity index (χ1v) is 10.8. The lowest BCUT2D eigenvalue weighted by Gasteiger charge is -2.06. The second kappa shape index (κ2) is 12.9. The lowest BCUT2D eigenvalue weighted by molar-refractivity contribution is 0.556. The molecule has 0 saturated carbocycles. The zero-order valence-electron chi connectivity index (χ0n) is 16.4. The van der Waals surface area contributed by atoms with Gasteiger partial charge in [0, 0.05) is 12.6 Å². The van der Waals surface area contributed by atoms with Gasteiger partial charge in [-0.3, -0.25) is 4.98 Å². The Labute approximate surface area is 165 Å². The lowest BCUT2D eigenvalue weighted by atomic mass is 10.0. The number of hydrogen-bond donors (Lipinski definition) is 0. The number of unbranched alkanes of at least 4 members (excludes halogenated alkanes) is 9. The van der Waals surface area contributed by atoms with Gasteiger partial charge in [0.1, 0.15) is 0 Å². The van der Waals surface area contributed by atoms with Gasteiger partial charge in [-0.1, -0.05) is 101 Å². The first-order chi connectivity index (χ1) is 12.8. The molecule has 1 aromatic carbocycles. The number of nitrogens with zero attached hydrogens (tertiary/aromatic N) is 1. The Morgan fingerprint density at radius 1 is 0.731 bits per heavy atom. The van der Waals surface area contributed by atoms with E-state index in [0.717, 1.165) is 17.1 Å². The normalized spacial score (nSPS) is 11.0. The molecule has 142 valence electrons. The average Bonchev–Trinajstić information content (AvgIpc) is 2.66. The minimum atomic E-state index is 0.752. The average molecular weight is 372 g/mol.